The molecule has 4 rings (SSSR count). The van der Waals surface area contributed by atoms with Crippen LogP contribution in [0.3, 0.4) is 0 Å². The molecular formula is C23H37N8O5P. The van der Waals surface area contributed by atoms with E-state index in [2.05, 4.69) is 57.3 Å². The number of nitrogens with one attached hydrogen (secondary N) is 1. The van der Waals surface area contributed by atoms with E-state index in [0.29, 0.717) is 12.2 Å². The zero-order valence-electron chi connectivity index (χ0n) is 23.4. The maximum Gasteiger partial charge on any atom is 0.322 e. The van der Waals surface area contributed by atoms with Gasteiger partial charge >= 0.3 is 8.53 Å². The summed E-state index contributed by atoms with van der Waals surface area (Å²) in [6, 6.07) is 0.267. The third kappa shape index (κ3) is 5.56. The van der Waals surface area contributed by atoms with Gasteiger partial charge in [-0.25, -0.2) is 14.6 Å². The van der Waals surface area contributed by atoms with Crippen LogP contribution in [0.25, 0.3) is 11.2 Å². The number of aliphatic imine (C=N–C) groups is 2. The first-order chi connectivity index (χ1) is 18.1. The van der Waals surface area contributed by atoms with Crippen LogP contribution in [0.1, 0.15) is 49.1 Å². The van der Waals surface area contributed by atoms with Crippen molar-refractivity contribution in [2.24, 2.45) is 9.98 Å². The topological polar surface area (TPSA) is 132 Å². The van der Waals surface area contributed by atoms with Crippen molar-refractivity contribution in [3.05, 3.63) is 16.7 Å². The highest BCUT2D eigenvalue weighted by atomic mass is 31.2. The molecule has 204 valence electrons. The van der Waals surface area contributed by atoms with Crippen LogP contribution in [-0.2, 0) is 18.5 Å². The summed E-state index contributed by atoms with van der Waals surface area (Å²) in [4.78, 5) is 34.2. The van der Waals surface area contributed by atoms with Gasteiger partial charge in [0.1, 0.15) is 17.8 Å². The van der Waals surface area contributed by atoms with Crippen molar-refractivity contribution in [3.8, 4) is 0 Å². The van der Waals surface area contributed by atoms with Gasteiger partial charge in [-0.2, -0.15) is 4.98 Å². The van der Waals surface area contributed by atoms with E-state index >= 15 is 0 Å². The Bertz CT molecular complexity index is 1210. The maximum atomic E-state index is 12.7. The number of fused-ring (bicyclic) bond motifs is 3. The molecule has 2 aliphatic heterocycles. The summed E-state index contributed by atoms with van der Waals surface area (Å²) < 4.78 is 37.4. The molecule has 2 aliphatic rings. The molecule has 5 unspecified atom stereocenters. The van der Waals surface area contributed by atoms with Crippen molar-refractivity contribution in [3.63, 3.8) is 0 Å². The van der Waals surface area contributed by atoms with Crippen LogP contribution in [0.2, 0.25) is 0 Å². The second kappa shape index (κ2) is 11.1. The molecule has 0 aliphatic carbocycles. The van der Waals surface area contributed by atoms with E-state index in [1.807, 2.05) is 21.0 Å². The molecule has 5 atom stereocenters. The lowest BCUT2D eigenvalue weighted by atomic mass is 10.0. The van der Waals surface area contributed by atoms with Crippen LogP contribution in [0.5, 0.6) is 0 Å². The number of rotatable bonds is 11. The number of aromatic amines is 1. The summed E-state index contributed by atoms with van der Waals surface area (Å²) in [5.41, 5.74) is -0.975. The van der Waals surface area contributed by atoms with Gasteiger partial charge < -0.3 is 23.4 Å². The van der Waals surface area contributed by atoms with Gasteiger partial charge in [0, 0.05) is 34.1 Å². The lowest BCUT2D eigenvalue weighted by Gasteiger charge is -2.36. The average molecular weight is 538 g/mol. The molecule has 2 aromatic heterocycles. The zero-order chi connectivity index (χ0) is 27.6. The Morgan fingerprint density at radius 1 is 1.41 bits per heavy atom. The molecule has 13 nitrogen and oxygen atoms in total. The van der Waals surface area contributed by atoms with E-state index in [4.69, 9.17) is 19.9 Å². The molecular weight excluding hydrogens is 499 g/mol. The second-order valence-electron chi connectivity index (χ2n) is 9.81. The first-order valence-corrected chi connectivity index (χ1v) is 13.4. The summed E-state index contributed by atoms with van der Waals surface area (Å²) in [6.45, 7) is 11.0. The maximum absolute atomic E-state index is 12.7. The van der Waals surface area contributed by atoms with Gasteiger partial charge in [-0.05, 0) is 41.5 Å². The van der Waals surface area contributed by atoms with E-state index in [9.17, 15) is 4.79 Å². The Kier molecular flexibility index (Phi) is 7.87. The number of ether oxygens (including phenoxy) is 2. The van der Waals surface area contributed by atoms with Gasteiger partial charge in [-0.15, -0.1) is 0 Å². The fraction of sp³-hybridized carbons (Fsp3) is 0.696. The van der Waals surface area contributed by atoms with Gasteiger partial charge in [-0.3, -0.25) is 19.3 Å². The number of hydrogen-bond acceptors (Lipinski definition) is 10. The van der Waals surface area contributed by atoms with Crippen LogP contribution in [-0.4, -0.2) is 99.0 Å². The molecule has 2 bridgehead atoms. The Morgan fingerprint density at radius 2 is 2.16 bits per heavy atom. The van der Waals surface area contributed by atoms with Gasteiger partial charge in [-0.1, -0.05) is 0 Å². The fourth-order valence-corrected chi connectivity index (χ4v) is 6.08. The smallest absolute Gasteiger partial charge is 0.322 e. The minimum absolute atomic E-state index is 0.0841. The highest BCUT2D eigenvalue weighted by molar-refractivity contribution is 7.45. The van der Waals surface area contributed by atoms with E-state index < -0.39 is 38.1 Å². The van der Waals surface area contributed by atoms with Crippen molar-refractivity contribution in [2.45, 2.75) is 77.6 Å². The SMILES string of the molecule is [2H]CC12COC(C(n3cnc4c(=O)[nH]c(/N=C\N(C)C)nc43)O1)C2OP(OC=NCC)N(C(C)C)C(C)C. The van der Waals surface area contributed by atoms with Crippen molar-refractivity contribution in [1.82, 2.24) is 29.1 Å². The van der Waals surface area contributed by atoms with Crippen LogP contribution in [0, 0.1) is 0 Å². The van der Waals surface area contributed by atoms with E-state index in [1.54, 1.807) is 15.8 Å². The Hall–Kier alpha value is -2.44. The summed E-state index contributed by atoms with van der Waals surface area (Å²) in [7, 11) is 2.05. The van der Waals surface area contributed by atoms with Gasteiger partial charge in [0.2, 0.25) is 5.95 Å². The van der Waals surface area contributed by atoms with E-state index in [0.717, 1.165) is 0 Å². The molecule has 0 aromatic carbocycles. The molecule has 4 heterocycles. The number of H-pyrrole nitrogens is 1. The predicted octanol–water partition coefficient (Wildman–Crippen LogP) is 2.82. The summed E-state index contributed by atoms with van der Waals surface area (Å²) in [5.74, 6) is 0.140. The quantitative estimate of drug-likeness (QED) is 0.261. The normalized spacial score (nSPS) is 27.0. The molecule has 2 fully saturated rings. The summed E-state index contributed by atoms with van der Waals surface area (Å²) in [6.07, 6.45) is 2.58. The van der Waals surface area contributed by atoms with Crippen molar-refractivity contribution < 1.29 is 19.9 Å². The largest absolute Gasteiger partial charge is 0.425 e. The average Bonchev–Trinajstić information content (AvgIpc) is 3.52. The Morgan fingerprint density at radius 3 is 2.81 bits per heavy atom. The first-order valence-electron chi connectivity index (χ1n) is 13.0. The summed E-state index contributed by atoms with van der Waals surface area (Å²) >= 11 is 0. The highest BCUT2D eigenvalue weighted by Crippen LogP contribution is 2.54. The van der Waals surface area contributed by atoms with Crippen LogP contribution in [0.15, 0.2) is 21.1 Å². The minimum atomic E-state index is -1.59. The first kappa shape index (κ1) is 26.2. The number of imidazole rings is 1. The van der Waals surface area contributed by atoms with Crippen LogP contribution in [0.4, 0.5) is 5.95 Å². The van der Waals surface area contributed by atoms with Crippen LogP contribution < -0.4 is 5.56 Å². The highest BCUT2D eigenvalue weighted by Gasteiger charge is 2.62. The standard InChI is InChI=1S/C23H37N8O5P/c1-9-24-13-34-37(31(14(2)3)15(4)5)36-18-17-21(35-23(18,6)10-33-17)30-12-25-16-19(30)27-22(28-20(16)32)26-11-29(7)8/h11-15,17-18,21H,9-10H2,1-8H3,(H,27,28,32)/b24-13?,26-11-/i6D. The molecule has 37 heavy (non-hydrogen) atoms. The Labute approximate surface area is 219 Å². The van der Waals surface area contributed by atoms with Gasteiger partial charge in [0.25, 0.3) is 5.56 Å². The second-order valence-corrected chi connectivity index (χ2v) is 11.2. The van der Waals surface area contributed by atoms with E-state index in [-0.39, 0.29) is 37.1 Å². The monoisotopic (exact) mass is 537 g/mol. The molecule has 0 saturated carbocycles. The van der Waals surface area contributed by atoms with Crippen molar-refractivity contribution in [2.75, 3.05) is 27.2 Å². The lowest BCUT2D eigenvalue weighted by Crippen LogP contribution is -2.40. The fourth-order valence-electron chi connectivity index (χ4n) is 4.40. The molecule has 14 heteroatoms. The third-order valence-corrected chi connectivity index (χ3v) is 7.91. The Balaban J connectivity index is 1.69. The molecule has 2 saturated heterocycles. The molecule has 0 radical (unpaired) electrons. The van der Waals surface area contributed by atoms with Crippen LogP contribution >= 0.6 is 8.53 Å². The van der Waals surface area contributed by atoms with Crippen molar-refractivity contribution in [1.29, 1.82) is 0 Å². The molecule has 1 N–H and O–H groups in total. The van der Waals surface area contributed by atoms with Gasteiger partial charge in [0.05, 0.1) is 19.3 Å². The predicted molar refractivity (Wildman–Crippen MR) is 142 cm³/mol. The number of aromatic nitrogens is 4. The summed E-state index contributed by atoms with van der Waals surface area (Å²) in [5, 5.41) is 0. The number of nitrogens with zero attached hydrogens (tertiary/aromatic N) is 7. The molecule has 2 aromatic rings. The lowest BCUT2D eigenvalue weighted by molar-refractivity contribution is -0.164. The third-order valence-electron chi connectivity index (χ3n) is 5.92. The molecule has 0 spiro atoms. The zero-order valence-corrected chi connectivity index (χ0v) is 23.3. The molecule has 0 amide bonds. The van der Waals surface area contributed by atoms with Gasteiger partial charge in [0.15, 0.2) is 23.8 Å². The minimum Gasteiger partial charge on any atom is -0.425 e. The number of hydrogen-bond donors (Lipinski definition) is 1. The van der Waals surface area contributed by atoms with Crippen molar-refractivity contribution >= 4 is 38.4 Å². The van der Waals surface area contributed by atoms with E-state index in [1.165, 1.54) is 12.7 Å².